The van der Waals surface area contributed by atoms with Gasteiger partial charge in [0.05, 0.1) is 0 Å². The first-order valence-electron chi connectivity index (χ1n) is 2.83. The Morgan fingerprint density at radius 1 is 1.64 bits per heavy atom. The van der Waals surface area contributed by atoms with Crippen LogP contribution in [0.3, 0.4) is 0 Å². The molecule has 0 aliphatic carbocycles. The van der Waals surface area contributed by atoms with E-state index >= 15 is 0 Å². The molecule has 0 aromatic rings. The maximum atomic E-state index is 10.7. The maximum absolute atomic E-state index is 10.7. The fraction of sp³-hybridized carbons (Fsp3) is 0.600. The van der Waals surface area contributed by atoms with Gasteiger partial charge in [0.15, 0.2) is 0 Å². The van der Waals surface area contributed by atoms with E-state index in [1.165, 1.54) is 11.8 Å². The Hall–Kier alpha value is -0.750. The van der Waals surface area contributed by atoms with E-state index in [0.717, 1.165) is 0 Å². The second-order valence-corrected chi connectivity index (χ2v) is 2.71. The van der Waals surface area contributed by atoms with Gasteiger partial charge in [-0.15, -0.1) is 0 Å². The lowest BCUT2D eigenvalue weighted by atomic mass is 10.4. The van der Waals surface area contributed by atoms with Crippen LogP contribution >= 0.6 is 11.8 Å². The van der Waals surface area contributed by atoms with Crippen molar-refractivity contribution in [3.63, 3.8) is 0 Å². The van der Waals surface area contributed by atoms with E-state index in [0.29, 0.717) is 5.75 Å². The molecular formula is C5H10N2O3S. The van der Waals surface area contributed by atoms with E-state index in [1.807, 2.05) is 0 Å². The fourth-order valence-electron chi connectivity index (χ4n) is 0.422. The van der Waals surface area contributed by atoms with E-state index in [-0.39, 0.29) is 0 Å². The predicted molar refractivity (Wildman–Crippen MR) is 42.0 cm³/mol. The molecule has 4 N–H and O–H groups in total. The van der Waals surface area contributed by atoms with Gasteiger partial charge in [-0.2, -0.15) is 11.8 Å². The first-order chi connectivity index (χ1) is 5.07. The minimum atomic E-state index is -1.12. The Balaban J connectivity index is 3.73. The smallest absolute Gasteiger partial charge is 0.375 e. The monoisotopic (exact) mass is 178 g/mol. The molecule has 1 atom stereocenters. The SMILES string of the molecule is CSCC(N)C(=O)OC(N)=O. The largest absolute Gasteiger partial charge is 0.412 e. The summed E-state index contributed by atoms with van der Waals surface area (Å²) >= 11 is 1.39. The minimum Gasteiger partial charge on any atom is -0.375 e. The van der Waals surface area contributed by atoms with Gasteiger partial charge in [0.1, 0.15) is 6.04 Å². The number of esters is 1. The number of carbonyl (C=O) groups excluding carboxylic acids is 2. The fourth-order valence-corrected chi connectivity index (χ4v) is 0.918. The van der Waals surface area contributed by atoms with Gasteiger partial charge in [-0.05, 0) is 6.26 Å². The number of nitrogens with two attached hydrogens (primary N) is 2. The van der Waals surface area contributed by atoms with Crippen molar-refractivity contribution in [2.75, 3.05) is 12.0 Å². The van der Waals surface area contributed by atoms with Gasteiger partial charge < -0.3 is 16.2 Å². The normalized spacial score (nSPS) is 12.2. The summed E-state index contributed by atoms with van der Waals surface area (Å²) in [5.41, 5.74) is 9.86. The number of ether oxygens (including phenoxy) is 1. The van der Waals surface area contributed by atoms with Crippen molar-refractivity contribution in [1.29, 1.82) is 0 Å². The van der Waals surface area contributed by atoms with Crippen molar-refractivity contribution < 1.29 is 14.3 Å². The third kappa shape index (κ3) is 4.63. The number of hydrogen-bond donors (Lipinski definition) is 2. The average Bonchev–Trinajstić information content (AvgIpc) is 1.86. The second kappa shape index (κ2) is 4.97. The third-order valence-corrected chi connectivity index (χ3v) is 1.54. The van der Waals surface area contributed by atoms with Gasteiger partial charge in [0.2, 0.25) is 0 Å². The first kappa shape index (κ1) is 10.2. The predicted octanol–water partition coefficient (Wildman–Crippen LogP) is -0.701. The molecule has 1 amide bonds. The Morgan fingerprint density at radius 2 is 2.18 bits per heavy atom. The molecule has 0 saturated heterocycles. The Labute approximate surface area is 68.4 Å². The Bertz CT molecular complexity index is 162. The van der Waals surface area contributed by atoms with Gasteiger partial charge in [-0.1, -0.05) is 0 Å². The van der Waals surface area contributed by atoms with Gasteiger partial charge in [-0.25, -0.2) is 9.59 Å². The topological polar surface area (TPSA) is 95.4 Å². The highest BCUT2D eigenvalue weighted by Gasteiger charge is 2.15. The standard InChI is InChI=1S/C5H10N2O3S/c1-11-2-3(6)4(8)10-5(7)9/h3H,2,6H2,1H3,(H2,7,9). The molecular weight excluding hydrogens is 168 g/mol. The number of amides is 1. The van der Waals surface area contributed by atoms with Crippen molar-refractivity contribution in [2.24, 2.45) is 11.5 Å². The number of thioether (sulfide) groups is 1. The van der Waals surface area contributed by atoms with Crippen LogP contribution in [0, 0.1) is 0 Å². The van der Waals surface area contributed by atoms with Crippen LogP contribution in [0.15, 0.2) is 0 Å². The Kier molecular flexibility index (Phi) is 4.64. The van der Waals surface area contributed by atoms with Crippen LogP contribution in [0.1, 0.15) is 0 Å². The quantitative estimate of drug-likeness (QED) is 0.440. The van der Waals surface area contributed by atoms with Gasteiger partial charge in [0.25, 0.3) is 0 Å². The van der Waals surface area contributed by atoms with E-state index < -0.39 is 18.1 Å². The molecule has 0 saturated carbocycles. The molecule has 11 heavy (non-hydrogen) atoms. The zero-order valence-electron chi connectivity index (χ0n) is 6.07. The summed E-state index contributed by atoms with van der Waals surface area (Å²) in [5, 5.41) is 0. The highest BCUT2D eigenvalue weighted by molar-refractivity contribution is 7.98. The third-order valence-electron chi connectivity index (χ3n) is 0.850. The van der Waals surface area contributed by atoms with E-state index in [1.54, 1.807) is 6.26 Å². The van der Waals surface area contributed by atoms with Crippen LogP contribution in [0.5, 0.6) is 0 Å². The highest BCUT2D eigenvalue weighted by atomic mass is 32.2. The van der Waals surface area contributed by atoms with Crippen molar-refractivity contribution in [3.8, 4) is 0 Å². The van der Waals surface area contributed by atoms with Crippen LogP contribution in [0.25, 0.3) is 0 Å². The number of hydrogen-bond acceptors (Lipinski definition) is 5. The molecule has 0 aromatic heterocycles. The summed E-state index contributed by atoms with van der Waals surface area (Å²) < 4.78 is 4.03. The van der Waals surface area contributed by atoms with Crippen LogP contribution in [0.2, 0.25) is 0 Å². The summed E-state index contributed by atoms with van der Waals surface area (Å²) in [6.07, 6.45) is 0.670. The molecule has 0 radical (unpaired) electrons. The summed E-state index contributed by atoms with van der Waals surface area (Å²) in [6.45, 7) is 0. The van der Waals surface area contributed by atoms with Crippen LogP contribution < -0.4 is 11.5 Å². The molecule has 6 heteroatoms. The first-order valence-corrected chi connectivity index (χ1v) is 4.23. The van der Waals surface area contributed by atoms with Gasteiger partial charge in [-0.3, -0.25) is 0 Å². The number of rotatable bonds is 3. The maximum Gasteiger partial charge on any atom is 0.412 e. The summed E-state index contributed by atoms with van der Waals surface area (Å²) in [6, 6.07) is -0.780. The molecule has 0 aromatic carbocycles. The number of primary amides is 1. The molecule has 0 bridgehead atoms. The van der Waals surface area contributed by atoms with Crippen LogP contribution in [0.4, 0.5) is 4.79 Å². The molecule has 0 aliphatic heterocycles. The lowest BCUT2D eigenvalue weighted by Crippen LogP contribution is -2.37. The summed E-state index contributed by atoms with van der Waals surface area (Å²) in [4.78, 5) is 20.7. The van der Waals surface area contributed by atoms with E-state index in [4.69, 9.17) is 5.73 Å². The zero-order chi connectivity index (χ0) is 8.85. The molecule has 5 nitrogen and oxygen atoms in total. The van der Waals surface area contributed by atoms with E-state index in [2.05, 4.69) is 10.5 Å². The lowest BCUT2D eigenvalue weighted by molar-refractivity contribution is -0.137. The van der Waals surface area contributed by atoms with Gasteiger partial charge >= 0.3 is 12.1 Å². The van der Waals surface area contributed by atoms with E-state index in [9.17, 15) is 9.59 Å². The minimum absolute atomic E-state index is 0.409. The molecule has 0 rings (SSSR count). The Morgan fingerprint density at radius 3 is 2.55 bits per heavy atom. The van der Waals surface area contributed by atoms with Crippen molar-refractivity contribution in [2.45, 2.75) is 6.04 Å². The second-order valence-electron chi connectivity index (χ2n) is 1.80. The van der Waals surface area contributed by atoms with Crippen LogP contribution in [-0.4, -0.2) is 30.1 Å². The zero-order valence-corrected chi connectivity index (χ0v) is 6.89. The van der Waals surface area contributed by atoms with Crippen molar-refractivity contribution in [3.05, 3.63) is 0 Å². The molecule has 64 valence electrons. The average molecular weight is 178 g/mol. The number of carbonyl (C=O) groups is 2. The van der Waals surface area contributed by atoms with Crippen molar-refractivity contribution >= 4 is 23.8 Å². The molecule has 0 aliphatic rings. The van der Waals surface area contributed by atoms with Crippen LogP contribution in [-0.2, 0) is 9.53 Å². The molecule has 1 unspecified atom stereocenters. The molecule has 0 heterocycles. The van der Waals surface area contributed by atoms with Gasteiger partial charge in [0, 0.05) is 5.75 Å². The summed E-state index contributed by atoms with van der Waals surface area (Å²) in [7, 11) is 0. The lowest BCUT2D eigenvalue weighted by Gasteiger charge is -2.05. The molecule has 0 spiro atoms. The summed E-state index contributed by atoms with van der Waals surface area (Å²) in [5.74, 6) is -0.376. The molecule has 0 fully saturated rings. The highest BCUT2D eigenvalue weighted by Crippen LogP contribution is 1.96. The van der Waals surface area contributed by atoms with Crippen molar-refractivity contribution in [1.82, 2.24) is 0 Å².